The molecular formula is C28H30ClN3O6. The van der Waals surface area contributed by atoms with E-state index in [1.54, 1.807) is 37.8 Å². The fraction of sp³-hybridized carbons (Fsp3) is 0.357. The van der Waals surface area contributed by atoms with Crippen molar-refractivity contribution in [3.05, 3.63) is 73.9 Å². The molecule has 1 amide bonds. The highest BCUT2D eigenvalue weighted by atomic mass is 35.5. The minimum absolute atomic E-state index is 0.0736. The first-order valence-corrected chi connectivity index (χ1v) is 12.7. The molecule has 0 bridgehead atoms. The third-order valence-corrected chi connectivity index (χ3v) is 6.60. The number of aryl methyl sites for hydroxylation is 1. The van der Waals surface area contributed by atoms with Gasteiger partial charge in [-0.1, -0.05) is 23.7 Å². The molecule has 0 aliphatic carbocycles. The number of hydrogen-bond acceptors (Lipinski definition) is 7. The number of carbonyl (C=O) groups is 2. The van der Waals surface area contributed by atoms with E-state index in [4.69, 9.17) is 20.8 Å². The van der Waals surface area contributed by atoms with Gasteiger partial charge < -0.3 is 24.5 Å². The topological polar surface area (TPSA) is 122 Å². The van der Waals surface area contributed by atoms with Crippen LogP contribution in [0.25, 0.3) is 16.5 Å². The molecule has 0 saturated heterocycles. The number of carboxylic acid groups (broad SMARTS) is 1. The summed E-state index contributed by atoms with van der Waals surface area (Å²) in [5.74, 6) is -0.729. The van der Waals surface area contributed by atoms with Crippen LogP contribution in [0.4, 0.5) is 10.5 Å². The fourth-order valence-electron chi connectivity index (χ4n) is 4.54. The maximum Gasteiger partial charge on any atom is 0.410 e. The SMILES string of the molecule is Cc1cc([C@@H](C)Nc2ccc(Cl)nc2C(=O)O)c2oc(C3=CCN(C(=O)OC(C)C)CC3)c(C)c(=O)c2c1. The molecule has 200 valence electrons. The zero-order chi connectivity index (χ0) is 27.7. The summed E-state index contributed by atoms with van der Waals surface area (Å²) in [5, 5.41) is 13.3. The number of rotatable bonds is 6. The predicted octanol–water partition coefficient (Wildman–Crippen LogP) is 5.96. The van der Waals surface area contributed by atoms with Gasteiger partial charge in [-0.2, -0.15) is 0 Å². The van der Waals surface area contributed by atoms with Gasteiger partial charge in [0.1, 0.15) is 16.5 Å². The average Bonchev–Trinajstić information content (AvgIpc) is 2.86. The highest BCUT2D eigenvalue weighted by Gasteiger charge is 2.25. The fourth-order valence-corrected chi connectivity index (χ4v) is 4.69. The van der Waals surface area contributed by atoms with Crippen molar-refractivity contribution in [2.45, 2.75) is 53.2 Å². The van der Waals surface area contributed by atoms with E-state index in [1.807, 2.05) is 26.0 Å². The molecule has 3 heterocycles. The van der Waals surface area contributed by atoms with Crippen molar-refractivity contribution in [2.75, 3.05) is 18.4 Å². The summed E-state index contributed by atoms with van der Waals surface area (Å²) in [6.07, 6.45) is 1.81. The molecule has 38 heavy (non-hydrogen) atoms. The smallest absolute Gasteiger partial charge is 0.410 e. The maximum absolute atomic E-state index is 13.5. The van der Waals surface area contributed by atoms with Crippen molar-refractivity contribution in [3.8, 4) is 0 Å². The van der Waals surface area contributed by atoms with Crippen LogP contribution in [0.2, 0.25) is 5.15 Å². The Morgan fingerprint density at radius 3 is 2.58 bits per heavy atom. The van der Waals surface area contributed by atoms with Crippen molar-refractivity contribution in [1.82, 2.24) is 9.88 Å². The highest BCUT2D eigenvalue weighted by molar-refractivity contribution is 6.29. The van der Waals surface area contributed by atoms with Crippen LogP contribution in [0.5, 0.6) is 0 Å². The first-order chi connectivity index (χ1) is 18.0. The number of nitrogens with one attached hydrogen (secondary N) is 1. The lowest BCUT2D eigenvalue weighted by molar-refractivity contribution is 0.0690. The van der Waals surface area contributed by atoms with Gasteiger partial charge in [0.25, 0.3) is 0 Å². The molecule has 0 spiro atoms. The van der Waals surface area contributed by atoms with E-state index in [9.17, 15) is 19.5 Å². The first-order valence-electron chi connectivity index (χ1n) is 12.4. The molecular weight excluding hydrogens is 510 g/mol. The van der Waals surface area contributed by atoms with Crippen LogP contribution in [-0.2, 0) is 4.74 Å². The largest absolute Gasteiger partial charge is 0.476 e. The van der Waals surface area contributed by atoms with E-state index in [-0.39, 0.29) is 28.5 Å². The van der Waals surface area contributed by atoms with Crippen LogP contribution in [0, 0.1) is 13.8 Å². The Morgan fingerprint density at radius 2 is 1.95 bits per heavy atom. The Labute approximate surface area is 225 Å². The van der Waals surface area contributed by atoms with Gasteiger partial charge in [-0.3, -0.25) is 4.79 Å². The Balaban J connectivity index is 1.74. The summed E-state index contributed by atoms with van der Waals surface area (Å²) in [5.41, 5.74) is 3.27. The Morgan fingerprint density at radius 1 is 1.21 bits per heavy atom. The van der Waals surface area contributed by atoms with Gasteiger partial charge >= 0.3 is 12.1 Å². The molecule has 0 unspecified atom stereocenters. The lowest BCUT2D eigenvalue weighted by Gasteiger charge is -2.27. The molecule has 3 aromatic rings. The van der Waals surface area contributed by atoms with Crippen LogP contribution >= 0.6 is 11.6 Å². The quantitative estimate of drug-likeness (QED) is 0.368. The number of anilines is 1. The second-order valence-electron chi connectivity index (χ2n) is 9.68. The number of carboxylic acids is 1. The number of amides is 1. The zero-order valence-corrected chi connectivity index (χ0v) is 22.7. The number of halogens is 1. The molecule has 1 aromatic carbocycles. The second kappa shape index (κ2) is 10.9. The van der Waals surface area contributed by atoms with Gasteiger partial charge in [-0.25, -0.2) is 14.6 Å². The number of nitrogens with zero attached hydrogens (tertiary/aromatic N) is 2. The highest BCUT2D eigenvalue weighted by Crippen LogP contribution is 2.33. The lowest BCUT2D eigenvalue weighted by Crippen LogP contribution is -2.36. The molecule has 2 aromatic heterocycles. The summed E-state index contributed by atoms with van der Waals surface area (Å²) in [7, 11) is 0. The van der Waals surface area contributed by atoms with Crippen LogP contribution in [-0.4, -0.2) is 46.2 Å². The monoisotopic (exact) mass is 539 g/mol. The predicted molar refractivity (Wildman–Crippen MR) is 146 cm³/mol. The molecule has 10 heteroatoms. The first kappa shape index (κ1) is 27.2. The normalized spacial score (nSPS) is 14.4. The van der Waals surface area contributed by atoms with Gasteiger partial charge in [-0.05, 0) is 70.4 Å². The van der Waals surface area contributed by atoms with E-state index in [2.05, 4.69) is 10.3 Å². The summed E-state index contributed by atoms with van der Waals surface area (Å²) in [6.45, 7) is 9.88. The summed E-state index contributed by atoms with van der Waals surface area (Å²) < 4.78 is 11.7. The van der Waals surface area contributed by atoms with Gasteiger partial charge in [0, 0.05) is 24.2 Å². The maximum atomic E-state index is 13.5. The van der Waals surface area contributed by atoms with E-state index in [1.165, 1.54) is 6.07 Å². The second-order valence-corrected chi connectivity index (χ2v) is 10.1. The summed E-state index contributed by atoms with van der Waals surface area (Å²) >= 11 is 5.90. The molecule has 2 N–H and O–H groups in total. The molecule has 1 aliphatic heterocycles. The van der Waals surface area contributed by atoms with Gasteiger partial charge in [-0.15, -0.1) is 0 Å². The Kier molecular flexibility index (Phi) is 7.78. The van der Waals surface area contributed by atoms with Gasteiger partial charge in [0.2, 0.25) is 0 Å². The van der Waals surface area contributed by atoms with E-state index in [0.29, 0.717) is 53.1 Å². The summed E-state index contributed by atoms with van der Waals surface area (Å²) in [4.78, 5) is 43.0. The molecule has 1 aliphatic rings. The number of ether oxygens (including phenoxy) is 1. The van der Waals surface area contributed by atoms with Crippen molar-refractivity contribution < 1.29 is 23.8 Å². The van der Waals surface area contributed by atoms with E-state index >= 15 is 0 Å². The standard InChI is InChI=1S/C28H30ClN3O6/c1-14(2)37-28(36)32-10-8-18(9-11-32)25-16(4)24(33)20-13-15(3)12-19(26(20)38-25)17(5)30-21-6-7-22(29)31-23(21)27(34)35/h6-8,12-14,17,30H,9-11H2,1-5H3,(H,34,35)/t17-/m1/s1. The number of carbonyl (C=O) groups excluding carboxylic acids is 1. The third kappa shape index (κ3) is 5.52. The minimum atomic E-state index is -1.21. The number of aromatic carboxylic acids is 1. The Bertz CT molecular complexity index is 1510. The molecule has 9 nitrogen and oxygen atoms in total. The molecule has 0 saturated carbocycles. The van der Waals surface area contributed by atoms with Crippen LogP contribution in [0.3, 0.4) is 0 Å². The van der Waals surface area contributed by atoms with Crippen LogP contribution < -0.4 is 10.7 Å². The molecule has 1 atom stereocenters. The zero-order valence-electron chi connectivity index (χ0n) is 21.9. The van der Waals surface area contributed by atoms with Crippen molar-refractivity contribution >= 4 is 45.9 Å². The molecule has 4 rings (SSSR count). The van der Waals surface area contributed by atoms with Crippen LogP contribution in [0.15, 0.2) is 39.6 Å². The third-order valence-electron chi connectivity index (χ3n) is 6.39. The summed E-state index contributed by atoms with van der Waals surface area (Å²) in [6, 6.07) is 6.33. The molecule has 0 fully saturated rings. The number of hydrogen-bond donors (Lipinski definition) is 2. The van der Waals surface area contributed by atoms with Crippen molar-refractivity contribution in [1.29, 1.82) is 0 Å². The van der Waals surface area contributed by atoms with Crippen molar-refractivity contribution in [2.24, 2.45) is 0 Å². The lowest BCUT2D eigenvalue weighted by atomic mass is 9.97. The number of pyridine rings is 1. The minimum Gasteiger partial charge on any atom is -0.476 e. The number of fused-ring (bicyclic) bond motifs is 1. The number of benzene rings is 1. The van der Waals surface area contributed by atoms with Crippen molar-refractivity contribution in [3.63, 3.8) is 0 Å². The van der Waals surface area contributed by atoms with E-state index in [0.717, 1.165) is 11.1 Å². The average molecular weight is 540 g/mol. The van der Waals surface area contributed by atoms with Crippen LogP contribution in [0.1, 0.15) is 66.2 Å². The van der Waals surface area contributed by atoms with E-state index < -0.39 is 12.0 Å². The van der Waals surface area contributed by atoms with Gasteiger partial charge in [0.15, 0.2) is 11.1 Å². The molecule has 0 radical (unpaired) electrons. The number of aromatic nitrogens is 1. The Hall–Kier alpha value is -3.85. The van der Waals surface area contributed by atoms with Gasteiger partial charge in [0.05, 0.1) is 23.2 Å².